The van der Waals surface area contributed by atoms with Gasteiger partial charge < -0.3 is 14.9 Å². The van der Waals surface area contributed by atoms with Crippen LogP contribution in [0.3, 0.4) is 0 Å². The van der Waals surface area contributed by atoms with E-state index in [-0.39, 0.29) is 24.3 Å². The molecule has 9 heteroatoms. The first kappa shape index (κ1) is 18.7. The van der Waals surface area contributed by atoms with E-state index in [4.69, 9.17) is 5.11 Å². The van der Waals surface area contributed by atoms with Crippen LogP contribution >= 0.6 is 0 Å². The average Bonchev–Trinajstić information content (AvgIpc) is 2.67. The number of hydrogen-bond acceptors (Lipinski definition) is 4. The standard InChI is InChI=1S/C18H16F3N3O3/c19-18(20,21)14-4-2-1-3-13(14)16(25)24-9-7-23(8-10-24)12-5-6-15(17(26)27)22-11-12/h1-6,11H,7-10H2,(H,26,27). The third-order valence-corrected chi connectivity index (χ3v) is 4.36. The van der Waals surface area contributed by atoms with Crippen molar-refractivity contribution in [2.24, 2.45) is 0 Å². The first-order chi connectivity index (χ1) is 12.8. The maximum absolute atomic E-state index is 13.1. The van der Waals surface area contributed by atoms with Gasteiger partial charge in [0.15, 0.2) is 0 Å². The van der Waals surface area contributed by atoms with Crippen LogP contribution in [0.5, 0.6) is 0 Å². The number of piperazine rings is 1. The van der Waals surface area contributed by atoms with Crippen LogP contribution in [0.25, 0.3) is 0 Å². The Morgan fingerprint density at radius 3 is 2.22 bits per heavy atom. The molecule has 1 amide bonds. The number of halogens is 3. The summed E-state index contributed by atoms with van der Waals surface area (Å²) in [5.41, 5.74) is -0.670. The molecule has 0 aliphatic carbocycles. The second-order valence-corrected chi connectivity index (χ2v) is 6.03. The zero-order valence-electron chi connectivity index (χ0n) is 14.1. The van der Waals surface area contributed by atoms with Crippen LogP contribution in [0.1, 0.15) is 26.4 Å². The Hall–Kier alpha value is -3.10. The summed E-state index contributed by atoms with van der Waals surface area (Å²) in [5.74, 6) is -1.78. The Kier molecular flexibility index (Phi) is 5.02. The molecule has 1 aliphatic heterocycles. The summed E-state index contributed by atoms with van der Waals surface area (Å²) in [6, 6.07) is 7.76. The predicted octanol–water partition coefficient (Wildman–Crippen LogP) is 2.76. The molecule has 1 fully saturated rings. The van der Waals surface area contributed by atoms with Crippen molar-refractivity contribution in [2.75, 3.05) is 31.1 Å². The van der Waals surface area contributed by atoms with E-state index in [2.05, 4.69) is 4.98 Å². The van der Waals surface area contributed by atoms with Crippen molar-refractivity contribution in [2.45, 2.75) is 6.18 Å². The van der Waals surface area contributed by atoms with Gasteiger partial charge in [0.05, 0.1) is 23.0 Å². The number of anilines is 1. The summed E-state index contributed by atoms with van der Waals surface area (Å²) >= 11 is 0. The van der Waals surface area contributed by atoms with Crippen molar-refractivity contribution in [3.63, 3.8) is 0 Å². The van der Waals surface area contributed by atoms with E-state index in [0.717, 1.165) is 6.07 Å². The molecule has 0 atom stereocenters. The Morgan fingerprint density at radius 1 is 1.00 bits per heavy atom. The van der Waals surface area contributed by atoms with E-state index in [1.54, 1.807) is 6.07 Å². The molecule has 0 saturated carbocycles. The minimum atomic E-state index is -4.59. The molecule has 6 nitrogen and oxygen atoms in total. The fourth-order valence-corrected chi connectivity index (χ4v) is 2.95. The smallest absolute Gasteiger partial charge is 0.417 e. The minimum Gasteiger partial charge on any atom is -0.477 e. The van der Waals surface area contributed by atoms with Gasteiger partial charge in [-0.1, -0.05) is 12.1 Å². The first-order valence-corrected chi connectivity index (χ1v) is 8.17. The van der Waals surface area contributed by atoms with Gasteiger partial charge in [-0.25, -0.2) is 9.78 Å². The van der Waals surface area contributed by atoms with Gasteiger partial charge in [0.1, 0.15) is 5.69 Å². The van der Waals surface area contributed by atoms with Crippen LogP contribution < -0.4 is 4.90 Å². The number of aromatic carboxylic acids is 1. The molecular formula is C18H16F3N3O3. The van der Waals surface area contributed by atoms with Crippen molar-refractivity contribution in [3.8, 4) is 0 Å². The zero-order valence-corrected chi connectivity index (χ0v) is 14.1. The summed E-state index contributed by atoms with van der Waals surface area (Å²) in [6.45, 7) is 1.33. The molecule has 1 saturated heterocycles. The van der Waals surface area contributed by atoms with Crippen LogP contribution in [0.15, 0.2) is 42.6 Å². The van der Waals surface area contributed by atoms with Gasteiger partial charge in [-0.2, -0.15) is 13.2 Å². The highest BCUT2D eigenvalue weighted by atomic mass is 19.4. The quantitative estimate of drug-likeness (QED) is 0.888. The van der Waals surface area contributed by atoms with Gasteiger partial charge in [-0.3, -0.25) is 4.79 Å². The number of carboxylic acid groups (broad SMARTS) is 1. The monoisotopic (exact) mass is 379 g/mol. The normalized spacial score (nSPS) is 14.9. The van der Waals surface area contributed by atoms with Crippen LogP contribution in [0.4, 0.5) is 18.9 Å². The number of hydrogen-bond donors (Lipinski definition) is 1. The Bertz CT molecular complexity index is 845. The molecule has 1 aromatic heterocycles. The van der Waals surface area contributed by atoms with E-state index in [1.165, 1.54) is 35.4 Å². The van der Waals surface area contributed by atoms with Crippen LogP contribution in [0.2, 0.25) is 0 Å². The van der Waals surface area contributed by atoms with E-state index in [1.807, 2.05) is 4.90 Å². The summed E-state index contributed by atoms with van der Waals surface area (Å²) in [7, 11) is 0. The third kappa shape index (κ3) is 4.02. The third-order valence-electron chi connectivity index (χ3n) is 4.36. The van der Waals surface area contributed by atoms with E-state index in [0.29, 0.717) is 18.8 Å². The highest BCUT2D eigenvalue weighted by Gasteiger charge is 2.36. The Balaban J connectivity index is 1.69. The summed E-state index contributed by atoms with van der Waals surface area (Å²) in [4.78, 5) is 30.5. The molecule has 1 aliphatic rings. The number of carbonyl (C=O) groups is 2. The van der Waals surface area contributed by atoms with Gasteiger partial charge in [0.2, 0.25) is 0 Å². The largest absolute Gasteiger partial charge is 0.477 e. The second-order valence-electron chi connectivity index (χ2n) is 6.03. The minimum absolute atomic E-state index is 0.0729. The topological polar surface area (TPSA) is 73.7 Å². The second kappa shape index (κ2) is 7.26. The SMILES string of the molecule is O=C(O)c1ccc(N2CCN(C(=O)c3ccccc3C(F)(F)F)CC2)cn1. The zero-order chi connectivity index (χ0) is 19.6. The molecule has 0 unspecified atom stereocenters. The van der Waals surface area contributed by atoms with Gasteiger partial charge in [0.25, 0.3) is 5.91 Å². The molecule has 0 spiro atoms. The van der Waals surface area contributed by atoms with Gasteiger partial charge in [-0.05, 0) is 24.3 Å². The van der Waals surface area contributed by atoms with Crippen molar-refractivity contribution in [1.82, 2.24) is 9.88 Å². The molecule has 3 rings (SSSR count). The van der Waals surface area contributed by atoms with Crippen LogP contribution in [-0.4, -0.2) is 53.0 Å². The Morgan fingerprint density at radius 2 is 1.67 bits per heavy atom. The number of aromatic nitrogens is 1. The van der Waals surface area contributed by atoms with Crippen LogP contribution in [0, 0.1) is 0 Å². The first-order valence-electron chi connectivity index (χ1n) is 8.17. The van der Waals surface area contributed by atoms with Crippen LogP contribution in [-0.2, 0) is 6.18 Å². The lowest BCUT2D eigenvalue weighted by molar-refractivity contribution is -0.138. The number of benzene rings is 1. The number of carboxylic acids is 1. The molecule has 27 heavy (non-hydrogen) atoms. The fourth-order valence-electron chi connectivity index (χ4n) is 2.95. The van der Waals surface area contributed by atoms with E-state index < -0.39 is 23.6 Å². The summed E-state index contributed by atoms with van der Waals surface area (Å²) < 4.78 is 39.4. The molecular weight excluding hydrogens is 363 g/mol. The van der Waals surface area contributed by atoms with Gasteiger partial charge >= 0.3 is 12.1 Å². The highest BCUT2D eigenvalue weighted by Crippen LogP contribution is 2.32. The van der Waals surface area contributed by atoms with Gasteiger partial charge in [-0.15, -0.1) is 0 Å². The lowest BCUT2D eigenvalue weighted by Crippen LogP contribution is -2.49. The number of carbonyl (C=O) groups excluding carboxylic acids is 1. The maximum Gasteiger partial charge on any atom is 0.417 e. The molecule has 2 aromatic rings. The number of amides is 1. The molecule has 0 radical (unpaired) electrons. The van der Waals surface area contributed by atoms with Crippen molar-refractivity contribution < 1.29 is 27.9 Å². The van der Waals surface area contributed by atoms with Crippen molar-refractivity contribution in [3.05, 3.63) is 59.4 Å². The summed E-state index contributed by atoms with van der Waals surface area (Å²) in [5, 5.41) is 8.87. The van der Waals surface area contributed by atoms with E-state index in [9.17, 15) is 22.8 Å². The van der Waals surface area contributed by atoms with Gasteiger partial charge in [0, 0.05) is 26.2 Å². The highest BCUT2D eigenvalue weighted by molar-refractivity contribution is 5.96. The molecule has 0 bridgehead atoms. The number of nitrogens with zero attached hydrogens (tertiary/aromatic N) is 3. The maximum atomic E-state index is 13.1. The number of alkyl halides is 3. The predicted molar refractivity (Wildman–Crippen MR) is 90.8 cm³/mol. The molecule has 2 heterocycles. The van der Waals surface area contributed by atoms with Crippen molar-refractivity contribution >= 4 is 17.6 Å². The average molecular weight is 379 g/mol. The Labute approximate surface area is 152 Å². The van der Waals surface area contributed by atoms with Crippen molar-refractivity contribution in [1.29, 1.82) is 0 Å². The fraction of sp³-hybridized carbons (Fsp3) is 0.278. The molecule has 1 N–H and O–H groups in total. The molecule has 142 valence electrons. The number of pyridine rings is 1. The number of rotatable bonds is 3. The van der Waals surface area contributed by atoms with E-state index >= 15 is 0 Å². The molecule has 1 aromatic carbocycles. The lowest BCUT2D eigenvalue weighted by Gasteiger charge is -2.36. The summed E-state index contributed by atoms with van der Waals surface area (Å²) in [6.07, 6.45) is -3.16. The lowest BCUT2D eigenvalue weighted by atomic mass is 10.1.